The fourth-order valence-electron chi connectivity index (χ4n) is 1.29. The van der Waals surface area contributed by atoms with E-state index in [0.29, 0.717) is 5.69 Å². The molecule has 0 amide bonds. The molecule has 0 radical (unpaired) electrons. The summed E-state index contributed by atoms with van der Waals surface area (Å²) in [4.78, 5) is 0.247. The summed E-state index contributed by atoms with van der Waals surface area (Å²) in [6.07, 6.45) is 1.17. The molecule has 17 heavy (non-hydrogen) atoms. The summed E-state index contributed by atoms with van der Waals surface area (Å²) in [5.74, 6) is 0. The smallest absolute Gasteiger partial charge is 0.175 e. The van der Waals surface area contributed by atoms with Crippen molar-refractivity contribution in [3.05, 3.63) is 18.2 Å². The van der Waals surface area contributed by atoms with Gasteiger partial charge in [-0.3, -0.25) is 0 Å². The van der Waals surface area contributed by atoms with E-state index >= 15 is 0 Å². The van der Waals surface area contributed by atoms with Crippen LogP contribution in [0.15, 0.2) is 23.1 Å². The van der Waals surface area contributed by atoms with E-state index in [1.807, 2.05) is 0 Å². The van der Waals surface area contributed by atoms with Crippen molar-refractivity contribution < 1.29 is 8.42 Å². The van der Waals surface area contributed by atoms with Crippen molar-refractivity contribution in [1.82, 2.24) is 0 Å². The first-order valence-corrected chi connectivity index (χ1v) is 7.32. The summed E-state index contributed by atoms with van der Waals surface area (Å²) >= 11 is 0. The molecule has 96 valence electrons. The van der Waals surface area contributed by atoms with Gasteiger partial charge in [0, 0.05) is 12.8 Å². The zero-order valence-electron chi connectivity index (χ0n) is 10.7. The van der Waals surface area contributed by atoms with Gasteiger partial charge >= 0.3 is 0 Å². The number of benzene rings is 1. The molecular formula is C12H20N2O2S. The molecule has 0 aliphatic heterocycles. The molecule has 0 aromatic heterocycles. The molecule has 0 aliphatic carbocycles. The van der Waals surface area contributed by atoms with Crippen molar-refractivity contribution in [2.45, 2.75) is 25.7 Å². The molecule has 0 bridgehead atoms. The highest BCUT2D eigenvalue weighted by Crippen LogP contribution is 2.24. The number of nitrogens with two attached hydrogens (primary N) is 1. The van der Waals surface area contributed by atoms with E-state index in [1.54, 1.807) is 12.1 Å². The van der Waals surface area contributed by atoms with Crippen LogP contribution >= 0.6 is 0 Å². The summed E-state index contributed by atoms with van der Waals surface area (Å²) in [6.45, 7) is 7.11. The largest absolute Gasteiger partial charge is 0.397 e. The zero-order chi connectivity index (χ0) is 13.3. The molecule has 0 spiro atoms. The molecule has 0 saturated heterocycles. The highest BCUT2D eigenvalue weighted by molar-refractivity contribution is 7.90. The number of anilines is 2. The van der Waals surface area contributed by atoms with Crippen molar-refractivity contribution in [3.8, 4) is 0 Å². The lowest BCUT2D eigenvalue weighted by Gasteiger charge is -2.20. The molecule has 0 heterocycles. The zero-order valence-corrected chi connectivity index (χ0v) is 11.6. The standard InChI is InChI=1S/C12H20N2O2S/c1-12(2,3)8-14-11-6-5-9(7-10(11)13)17(4,15)16/h5-7,14H,8,13H2,1-4H3. The lowest BCUT2D eigenvalue weighted by Crippen LogP contribution is -2.19. The Hall–Kier alpha value is -1.23. The van der Waals surface area contributed by atoms with Crippen LogP contribution in [0.4, 0.5) is 11.4 Å². The van der Waals surface area contributed by atoms with E-state index < -0.39 is 9.84 Å². The number of hydrogen-bond acceptors (Lipinski definition) is 4. The van der Waals surface area contributed by atoms with Gasteiger partial charge in [-0.15, -0.1) is 0 Å². The topological polar surface area (TPSA) is 72.2 Å². The van der Waals surface area contributed by atoms with Crippen LogP contribution in [-0.2, 0) is 9.84 Å². The Balaban J connectivity index is 2.92. The van der Waals surface area contributed by atoms with E-state index in [4.69, 9.17) is 5.73 Å². The first-order chi connectivity index (χ1) is 7.59. The highest BCUT2D eigenvalue weighted by Gasteiger charge is 2.12. The Morgan fingerprint density at radius 3 is 2.29 bits per heavy atom. The summed E-state index contributed by atoms with van der Waals surface area (Å²) in [5, 5.41) is 3.21. The van der Waals surface area contributed by atoms with Gasteiger partial charge in [0.15, 0.2) is 9.84 Å². The van der Waals surface area contributed by atoms with Gasteiger partial charge < -0.3 is 11.1 Å². The first-order valence-electron chi connectivity index (χ1n) is 5.43. The average molecular weight is 256 g/mol. The number of hydrogen-bond donors (Lipinski definition) is 2. The number of nitrogen functional groups attached to an aromatic ring is 1. The Kier molecular flexibility index (Phi) is 3.71. The fourth-order valence-corrected chi connectivity index (χ4v) is 1.95. The van der Waals surface area contributed by atoms with Crippen LogP contribution in [-0.4, -0.2) is 21.2 Å². The highest BCUT2D eigenvalue weighted by atomic mass is 32.2. The van der Waals surface area contributed by atoms with Gasteiger partial charge in [0.05, 0.1) is 16.3 Å². The SMILES string of the molecule is CC(C)(C)CNc1ccc(S(C)(=O)=O)cc1N. The molecule has 0 fully saturated rings. The quantitative estimate of drug-likeness (QED) is 0.813. The van der Waals surface area contributed by atoms with Gasteiger partial charge in [0.2, 0.25) is 0 Å². The third-order valence-electron chi connectivity index (χ3n) is 2.26. The molecule has 4 nitrogen and oxygen atoms in total. The van der Waals surface area contributed by atoms with Crippen molar-refractivity contribution >= 4 is 21.2 Å². The normalized spacial score (nSPS) is 12.5. The lowest BCUT2D eigenvalue weighted by molar-refractivity contribution is 0.443. The molecule has 0 unspecified atom stereocenters. The van der Waals surface area contributed by atoms with Crippen LogP contribution < -0.4 is 11.1 Å². The Bertz CT molecular complexity index is 502. The monoisotopic (exact) mass is 256 g/mol. The van der Waals surface area contributed by atoms with Gasteiger partial charge in [0.1, 0.15) is 0 Å². The minimum atomic E-state index is -3.19. The second-order valence-corrected chi connectivity index (χ2v) is 7.45. The maximum absolute atomic E-state index is 11.3. The fraction of sp³-hybridized carbons (Fsp3) is 0.500. The van der Waals surface area contributed by atoms with Crippen molar-refractivity contribution in [2.75, 3.05) is 23.9 Å². The Labute approximate surface area is 103 Å². The molecule has 5 heteroatoms. The molecular weight excluding hydrogens is 236 g/mol. The molecule has 1 rings (SSSR count). The maximum atomic E-state index is 11.3. The Morgan fingerprint density at radius 2 is 1.88 bits per heavy atom. The summed E-state index contributed by atoms with van der Waals surface area (Å²) < 4.78 is 22.7. The molecule has 0 atom stereocenters. The summed E-state index contributed by atoms with van der Waals surface area (Å²) in [5.41, 5.74) is 7.19. The van der Waals surface area contributed by atoms with Crippen LogP contribution in [0.1, 0.15) is 20.8 Å². The van der Waals surface area contributed by atoms with Gasteiger partial charge in [0.25, 0.3) is 0 Å². The maximum Gasteiger partial charge on any atom is 0.175 e. The lowest BCUT2D eigenvalue weighted by atomic mass is 9.97. The number of sulfone groups is 1. The second-order valence-electron chi connectivity index (χ2n) is 5.44. The van der Waals surface area contributed by atoms with Gasteiger partial charge in [-0.1, -0.05) is 20.8 Å². The van der Waals surface area contributed by atoms with Crippen LogP contribution in [0, 0.1) is 5.41 Å². The van der Waals surface area contributed by atoms with E-state index in [2.05, 4.69) is 26.1 Å². The van der Waals surface area contributed by atoms with Crippen molar-refractivity contribution in [1.29, 1.82) is 0 Å². The first kappa shape index (κ1) is 13.8. The predicted octanol–water partition coefficient (Wildman–Crippen LogP) is 2.13. The predicted molar refractivity (Wildman–Crippen MR) is 71.9 cm³/mol. The minimum Gasteiger partial charge on any atom is -0.397 e. The third-order valence-corrected chi connectivity index (χ3v) is 3.37. The van der Waals surface area contributed by atoms with Crippen LogP contribution in [0.2, 0.25) is 0 Å². The summed E-state index contributed by atoms with van der Waals surface area (Å²) in [7, 11) is -3.19. The van der Waals surface area contributed by atoms with Gasteiger partial charge in [-0.05, 0) is 23.6 Å². The van der Waals surface area contributed by atoms with E-state index in [1.165, 1.54) is 12.3 Å². The van der Waals surface area contributed by atoms with Crippen LogP contribution in [0.3, 0.4) is 0 Å². The molecule has 3 N–H and O–H groups in total. The molecule has 0 saturated carbocycles. The van der Waals surface area contributed by atoms with Gasteiger partial charge in [-0.2, -0.15) is 0 Å². The Morgan fingerprint density at radius 1 is 1.29 bits per heavy atom. The summed E-state index contributed by atoms with van der Waals surface area (Å²) in [6, 6.07) is 4.76. The number of rotatable bonds is 3. The molecule has 1 aromatic carbocycles. The van der Waals surface area contributed by atoms with Crippen molar-refractivity contribution in [2.24, 2.45) is 5.41 Å². The number of nitrogens with one attached hydrogen (secondary N) is 1. The molecule has 0 aliphatic rings. The van der Waals surface area contributed by atoms with E-state index in [9.17, 15) is 8.42 Å². The van der Waals surface area contributed by atoms with E-state index in [-0.39, 0.29) is 10.3 Å². The van der Waals surface area contributed by atoms with Crippen LogP contribution in [0.25, 0.3) is 0 Å². The van der Waals surface area contributed by atoms with Gasteiger partial charge in [-0.25, -0.2) is 8.42 Å². The second kappa shape index (κ2) is 4.56. The molecule has 1 aromatic rings. The van der Waals surface area contributed by atoms with Crippen LogP contribution in [0.5, 0.6) is 0 Å². The van der Waals surface area contributed by atoms with E-state index in [0.717, 1.165) is 12.2 Å². The minimum absolute atomic E-state index is 0.141. The average Bonchev–Trinajstić information content (AvgIpc) is 2.12. The third kappa shape index (κ3) is 4.26. The van der Waals surface area contributed by atoms with Crippen molar-refractivity contribution in [3.63, 3.8) is 0 Å².